The number of halogens is 1. The molecule has 4 aromatic rings. The molecule has 9 nitrogen and oxygen atoms in total. The Morgan fingerprint density at radius 2 is 1.72 bits per heavy atom. The fraction of sp³-hybridized carbons (Fsp3) is 0.0952. The van der Waals surface area contributed by atoms with Gasteiger partial charge < -0.3 is 9.47 Å². The number of aromatic nitrogens is 4. The summed E-state index contributed by atoms with van der Waals surface area (Å²) in [4.78, 5) is -0.181. The quantitative estimate of drug-likeness (QED) is 0.418. The van der Waals surface area contributed by atoms with Gasteiger partial charge in [-0.1, -0.05) is 48.0 Å². The molecule has 164 valence electrons. The topological polar surface area (TPSA) is 119 Å². The summed E-state index contributed by atoms with van der Waals surface area (Å²) in [5.74, 6) is 0.534. The van der Waals surface area contributed by atoms with Gasteiger partial charge in [0.2, 0.25) is 5.82 Å². The van der Waals surface area contributed by atoms with Crippen LogP contribution in [0.5, 0.6) is 11.5 Å². The van der Waals surface area contributed by atoms with Gasteiger partial charge in [-0.25, -0.2) is 8.42 Å². The third-order valence-electron chi connectivity index (χ3n) is 4.66. The number of nitrogens with zero attached hydrogens (tertiary/aromatic N) is 3. The van der Waals surface area contributed by atoms with E-state index in [9.17, 15) is 8.42 Å². The Labute approximate surface area is 189 Å². The van der Waals surface area contributed by atoms with Crippen LogP contribution in [0.3, 0.4) is 0 Å². The van der Waals surface area contributed by atoms with Crippen molar-refractivity contribution in [1.82, 2.24) is 20.6 Å². The maximum atomic E-state index is 13.4. The summed E-state index contributed by atoms with van der Waals surface area (Å²) < 4.78 is 40.0. The Morgan fingerprint density at radius 3 is 2.38 bits per heavy atom. The second-order valence-corrected chi connectivity index (χ2v) is 8.67. The Bertz CT molecular complexity index is 1350. The van der Waals surface area contributed by atoms with Crippen molar-refractivity contribution < 1.29 is 17.9 Å². The third kappa shape index (κ3) is 4.23. The smallest absolute Gasteiger partial charge is 0.265 e. The van der Waals surface area contributed by atoms with Crippen molar-refractivity contribution >= 4 is 27.3 Å². The molecular weight excluding hydrogens is 454 g/mol. The summed E-state index contributed by atoms with van der Waals surface area (Å²) in [6, 6.07) is 17.7. The average molecular weight is 472 g/mol. The van der Waals surface area contributed by atoms with Gasteiger partial charge in [0, 0.05) is 5.56 Å². The Morgan fingerprint density at radius 1 is 0.938 bits per heavy atom. The zero-order valence-electron chi connectivity index (χ0n) is 17.0. The van der Waals surface area contributed by atoms with Crippen LogP contribution in [0.25, 0.3) is 22.5 Å². The van der Waals surface area contributed by atoms with E-state index in [1.807, 2.05) is 36.4 Å². The summed E-state index contributed by atoms with van der Waals surface area (Å²) in [5, 5.41) is 13.7. The molecule has 1 heterocycles. The number of methoxy groups -OCH3 is 2. The van der Waals surface area contributed by atoms with Gasteiger partial charge in [-0.3, -0.25) is 4.72 Å². The van der Waals surface area contributed by atoms with E-state index < -0.39 is 10.0 Å². The molecule has 1 aromatic heterocycles. The number of rotatable bonds is 7. The number of nitrogens with one attached hydrogen (secondary N) is 2. The fourth-order valence-corrected chi connectivity index (χ4v) is 4.81. The van der Waals surface area contributed by atoms with Crippen LogP contribution < -0.4 is 14.2 Å². The maximum Gasteiger partial charge on any atom is 0.265 e. The molecule has 0 aliphatic rings. The number of sulfonamides is 1. The lowest BCUT2D eigenvalue weighted by atomic mass is 10.1. The highest BCUT2D eigenvalue weighted by Crippen LogP contribution is 2.38. The maximum absolute atomic E-state index is 13.4. The molecule has 0 saturated heterocycles. The van der Waals surface area contributed by atoms with Gasteiger partial charge in [-0.05, 0) is 40.6 Å². The van der Waals surface area contributed by atoms with Gasteiger partial charge in [0.05, 0.1) is 24.9 Å². The first-order valence-corrected chi connectivity index (χ1v) is 11.2. The predicted molar refractivity (Wildman–Crippen MR) is 120 cm³/mol. The minimum absolute atomic E-state index is 0.00964. The molecule has 0 atom stereocenters. The van der Waals surface area contributed by atoms with Gasteiger partial charge in [0.25, 0.3) is 10.0 Å². The summed E-state index contributed by atoms with van der Waals surface area (Å²) in [5.41, 5.74) is 2.36. The van der Waals surface area contributed by atoms with Gasteiger partial charge in [0.1, 0.15) is 10.6 Å². The van der Waals surface area contributed by atoms with E-state index in [0.717, 1.165) is 11.1 Å². The fourth-order valence-electron chi connectivity index (χ4n) is 3.18. The molecule has 0 spiro atoms. The van der Waals surface area contributed by atoms with Crippen LogP contribution in [-0.2, 0) is 10.0 Å². The lowest BCUT2D eigenvalue weighted by Crippen LogP contribution is -2.15. The van der Waals surface area contributed by atoms with E-state index in [0.29, 0.717) is 11.3 Å². The molecule has 2 N–H and O–H groups in total. The van der Waals surface area contributed by atoms with Crippen molar-refractivity contribution in [2.75, 3.05) is 18.9 Å². The molecule has 11 heteroatoms. The van der Waals surface area contributed by atoms with Crippen molar-refractivity contribution in [2.45, 2.75) is 4.90 Å². The summed E-state index contributed by atoms with van der Waals surface area (Å²) >= 11 is 6.30. The van der Waals surface area contributed by atoms with E-state index >= 15 is 0 Å². The molecule has 0 unspecified atom stereocenters. The number of hydrogen-bond acceptors (Lipinski definition) is 7. The summed E-state index contributed by atoms with van der Waals surface area (Å²) in [7, 11) is -1.35. The molecule has 0 bridgehead atoms. The second kappa shape index (κ2) is 8.85. The number of anilines is 1. The average Bonchev–Trinajstić information content (AvgIpc) is 3.34. The zero-order chi connectivity index (χ0) is 22.7. The molecule has 32 heavy (non-hydrogen) atoms. The monoisotopic (exact) mass is 471 g/mol. The molecule has 3 aromatic carbocycles. The Hall–Kier alpha value is -3.63. The second-order valence-electron chi connectivity index (χ2n) is 6.61. The molecular formula is C21H18ClN5O4S. The Kier molecular flexibility index (Phi) is 5.97. The summed E-state index contributed by atoms with van der Waals surface area (Å²) in [6.45, 7) is 0. The Balaban J connectivity index is 1.80. The van der Waals surface area contributed by atoms with Crippen molar-refractivity contribution in [3.8, 4) is 34.0 Å². The van der Waals surface area contributed by atoms with E-state index in [-0.39, 0.29) is 27.2 Å². The summed E-state index contributed by atoms with van der Waals surface area (Å²) in [6.07, 6.45) is 0. The molecule has 0 radical (unpaired) electrons. The SMILES string of the molecule is COc1ccc(-c2ccccc2)cc1NS(=O)(=O)c1cc(-c2nn[nH]n2)cc(Cl)c1OC. The van der Waals surface area contributed by atoms with E-state index in [1.54, 1.807) is 12.1 Å². The van der Waals surface area contributed by atoms with Gasteiger partial charge in [-0.15, -0.1) is 10.2 Å². The van der Waals surface area contributed by atoms with E-state index in [4.69, 9.17) is 21.1 Å². The van der Waals surface area contributed by atoms with Gasteiger partial charge in [0.15, 0.2) is 5.75 Å². The first kappa shape index (κ1) is 21.6. The molecule has 0 saturated carbocycles. The van der Waals surface area contributed by atoms with Crippen LogP contribution >= 0.6 is 11.6 Å². The lowest BCUT2D eigenvalue weighted by molar-refractivity contribution is 0.403. The number of H-pyrrole nitrogens is 1. The molecule has 0 amide bonds. The van der Waals surface area contributed by atoms with Crippen LogP contribution in [0.15, 0.2) is 65.6 Å². The van der Waals surface area contributed by atoms with E-state index in [1.165, 1.54) is 26.4 Å². The van der Waals surface area contributed by atoms with Crippen molar-refractivity contribution in [2.24, 2.45) is 0 Å². The molecule has 4 rings (SSSR count). The van der Waals surface area contributed by atoms with Gasteiger partial charge in [-0.2, -0.15) is 5.21 Å². The normalized spacial score (nSPS) is 11.2. The van der Waals surface area contributed by atoms with Crippen molar-refractivity contribution in [3.05, 3.63) is 65.7 Å². The molecule has 0 aliphatic heterocycles. The lowest BCUT2D eigenvalue weighted by Gasteiger charge is -2.16. The number of ether oxygens (including phenoxy) is 2. The number of hydrogen-bond donors (Lipinski definition) is 2. The molecule has 0 aliphatic carbocycles. The zero-order valence-corrected chi connectivity index (χ0v) is 18.6. The first-order valence-electron chi connectivity index (χ1n) is 9.30. The van der Waals surface area contributed by atoms with Gasteiger partial charge >= 0.3 is 0 Å². The standard InChI is InChI=1S/C21H18ClN5O4S/c1-30-18-9-8-14(13-6-4-3-5-7-13)11-17(18)25-32(28,29)19-12-15(21-23-26-27-24-21)10-16(22)20(19)31-2/h3-12,25H,1-2H3,(H,23,24,26,27). The number of tetrazole rings is 1. The van der Waals surface area contributed by atoms with Crippen LogP contribution in [0.1, 0.15) is 0 Å². The highest BCUT2D eigenvalue weighted by Gasteiger charge is 2.25. The van der Waals surface area contributed by atoms with Crippen LogP contribution in [0, 0.1) is 0 Å². The van der Waals surface area contributed by atoms with Crippen LogP contribution in [-0.4, -0.2) is 43.3 Å². The highest BCUT2D eigenvalue weighted by atomic mass is 35.5. The number of benzene rings is 3. The van der Waals surface area contributed by atoms with Crippen LogP contribution in [0.4, 0.5) is 5.69 Å². The van der Waals surface area contributed by atoms with Crippen LogP contribution in [0.2, 0.25) is 5.02 Å². The van der Waals surface area contributed by atoms with Crippen molar-refractivity contribution in [3.63, 3.8) is 0 Å². The minimum atomic E-state index is -4.15. The molecule has 0 fully saturated rings. The minimum Gasteiger partial charge on any atom is -0.495 e. The highest BCUT2D eigenvalue weighted by molar-refractivity contribution is 7.92. The number of aromatic amines is 1. The first-order chi connectivity index (χ1) is 15.4. The largest absolute Gasteiger partial charge is 0.495 e. The third-order valence-corrected chi connectivity index (χ3v) is 6.31. The predicted octanol–water partition coefficient (Wildman–Crippen LogP) is 4.01. The van der Waals surface area contributed by atoms with E-state index in [2.05, 4.69) is 25.3 Å². The van der Waals surface area contributed by atoms with Crippen molar-refractivity contribution in [1.29, 1.82) is 0 Å².